The second-order valence-electron chi connectivity index (χ2n) is 6.97. The van der Waals surface area contributed by atoms with Gasteiger partial charge in [0.15, 0.2) is 0 Å². The Hall–Kier alpha value is -2.83. The van der Waals surface area contributed by atoms with Crippen molar-refractivity contribution in [2.75, 3.05) is 5.32 Å². The lowest BCUT2D eigenvalue weighted by Crippen LogP contribution is -2.19. The third-order valence-corrected chi connectivity index (χ3v) is 3.99. The molecule has 3 rings (SSSR count). The number of hydrogen-bond donors (Lipinski definition) is 1. The number of nitrogens with zero attached hydrogens (tertiary/aromatic N) is 5. The van der Waals surface area contributed by atoms with Crippen LogP contribution in [-0.2, 0) is 0 Å². The number of anilines is 1. The minimum absolute atomic E-state index is 0.151. The van der Waals surface area contributed by atoms with E-state index < -0.39 is 0 Å². The summed E-state index contributed by atoms with van der Waals surface area (Å²) in [6.07, 6.45) is 3.43. The zero-order valence-corrected chi connectivity index (χ0v) is 15.8. The zero-order chi connectivity index (χ0) is 18.7. The van der Waals surface area contributed by atoms with Gasteiger partial charge in [-0.3, -0.25) is 4.98 Å². The SMILES string of the molecule is Cc1cc(NC(c2nc(-c3cccnc3)no2)C(C)C)nc(C(C)C)n1. The van der Waals surface area contributed by atoms with Gasteiger partial charge in [0.2, 0.25) is 11.7 Å². The molecule has 7 heteroatoms. The van der Waals surface area contributed by atoms with Gasteiger partial charge in [0.05, 0.1) is 0 Å². The second-order valence-corrected chi connectivity index (χ2v) is 6.97. The first-order valence-electron chi connectivity index (χ1n) is 8.80. The monoisotopic (exact) mass is 352 g/mol. The van der Waals surface area contributed by atoms with Gasteiger partial charge >= 0.3 is 0 Å². The molecule has 0 radical (unpaired) electrons. The van der Waals surface area contributed by atoms with Crippen LogP contribution in [0.15, 0.2) is 35.1 Å². The Bertz CT molecular complexity index is 859. The normalized spacial score (nSPS) is 12.6. The second kappa shape index (κ2) is 7.59. The summed E-state index contributed by atoms with van der Waals surface area (Å²) in [7, 11) is 0. The fourth-order valence-corrected chi connectivity index (χ4v) is 2.57. The summed E-state index contributed by atoms with van der Waals surface area (Å²) in [5.41, 5.74) is 1.75. The first kappa shape index (κ1) is 18.0. The van der Waals surface area contributed by atoms with Crippen LogP contribution in [0, 0.1) is 12.8 Å². The predicted octanol–water partition coefficient (Wildman–Crippen LogP) is 4.16. The van der Waals surface area contributed by atoms with Gasteiger partial charge in [-0.15, -0.1) is 0 Å². The Morgan fingerprint density at radius 1 is 1.08 bits per heavy atom. The number of rotatable bonds is 6. The highest BCUT2D eigenvalue weighted by Crippen LogP contribution is 2.27. The van der Waals surface area contributed by atoms with Gasteiger partial charge in [-0.25, -0.2) is 9.97 Å². The summed E-state index contributed by atoms with van der Waals surface area (Å²) in [6.45, 7) is 10.3. The smallest absolute Gasteiger partial charge is 0.249 e. The Kier molecular flexibility index (Phi) is 5.25. The maximum absolute atomic E-state index is 5.53. The molecule has 0 bridgehead atoms. The Morgan fingerprint density at radius 2 is 1.88 bits per heavy atom. The minimum atomic E-state index is -0.151. The molecule has 1 atom stereocenters. The molecule has 0 aromatic carbocycles. The molecule has 3 aromatic rings. The van der Waals surface area contributed by atoms with Gasteiger partial charge in [-0.05, 0) is 25.0 Å². The summed E-state index contributed by atoms with van der Waals surface area (Å²) in [5, 5.41) is 7.53. The van der Waals surface area contributed by atoms with Crippen molar-refractivity contribution in [1.82, 2.24) is 25.1 Å². The molecule has 0 aliphatic carbocycles. The van der Waals surface area contributed by atoms with E-state index in [9.17, 15) is 0 Å². The van der Waals surface area contributed by atoms with Crippen molar-refractivity contribution in [2.24, 2.45) is 5.92 Å². The van der Waals surface area contributed by atoms with Crippen LogP contribution < -0.4 is 5.32 Å². The fraction of sp³-hybridized carbons (Fsp3) is 0.421. The van der Waals surface area contributed by atoms with Gasteiger partial charge in [0.25, 0.3) is 0 Å². The molecule has 1 unspecified atom stereocenters. The standard InChI is InChI=1S/C19H24N6O/c1-11(2)16(22-15-9-13(5)21-17(23-15)12(3)4)19-24-18(25-26-19)14-7-6-8-20-10-14/h6-12,16H,1-5H3,(H,21,22,23). The van der Waals surface area contributed by atoms with Crippen LogP contribution in [0.1, 0.15) is 57.1 Å². The third-order valence-electron chi connectivity index (χ3n) is 3.99. The molecular weight excluding hydrogens is 328 g/mol. The van der Waals surface area contributed by atoms with Crippen LogP contribution in [0.2, 0.25) is 0 Å². The van der Waals surface area contributed by atoms with Gasteiger partial charge in [-0.1, -0.05) is 32.9 Å². The van der Waals surface area contributed by atoms with E-state index >= 15 is 0 Å². The van der Waals surface area contributed by atoms with Crippen LogP contribution in [0.3, 0.4) is 0 Å². The van der Waals surface area contributed by atoms with Crippen LogP contribution in [0.25, 0.3) is 11.4 Å². The molecule has 3 heterocycles. The van der Waals surface area contributed by atoms with E-state index in [-0.39, 0.29) is 17.9 Å². The molecule has 136 valence electrons. The molecular formula is C19H24N6O. The molecule has 26 heavy (non-hydrogen) atoms. The molecule has 1 N–H and O–H groups in total. The topological polar surface area (TPSA) is 89.6 Å². The van der Waals surface area contributed by atoms with Crippen molar-refractivity contribution in [3.8, 4) is 11.4 Å². The lowest BCUT2D eigenvalue weighted by Gasteiger charge is -2.20. The van der Waals surface area contributed by atoms with Crippen molar-refractivity contribution in [1.29, 1.82) is 0 Å². The lowest BCUT2D eigenvalue weighted by atomic mass is 10.0. The Morgan fingerprint density at radius 3 is 2.54 bits per heavy atom. The van der Waals surface area contributed by atoms with Crippen molar-refractivity contribution in [3.05, 3.63) is 48.0 Å². The first-order valence-corrected chi connectivity index (χ1v) is 8.80. The largest absolute Gasteiger partial charge is 0.358 e. The van der Waals surface area contributed by atoms with Crippen molar-refractivity contribution in [2.45, 2.75) is 46.6 Å². The minimum Gasteiger partial charge on any atom is -0.358 e. The van der Waals surface area contributed by atoms with E-state index in [2.05, 4.69) is 58.1 Å². The van der Waals surface area contributed by atoms with Crippen LogP contribution in [0.5, 0.6) is 0 Å². The van der Waals surface area contributed by atoms with Crippen molar-refractivity contribution >= 4 is 5.82 Å². The Labute approximate surface area is 153 Å². The maximum atomic E-state index is 5.53. The fourth-order valence-electron chi connectivity index (χ4n) is 2.57. The number of aryl methyl sites for hydroxylation is 1. The van der Waals surface area contributed by atoms with Crippen LogP contribution in [0.4, 0.5) is 5.82 Å². The molecule has 0 aliphatic rings. The summed E-state index contributed by atoms with van der Waals surface area (Å²) >= 11 is 0. The van der Waals surface area contributed by atoms with E-state index in [1.54, 1.807) is 12.4 Å². The maximum Gasteiger partial charge on any atom is 0.249 e. The van der Waals surface area contributed by atoms with Gasteiger partial charge in [-0.2, -0.15) is 4.98 Å². The zero-order valence-electron chi connectivity index (χ0n) is 15.8. The molecule has 0 spiro atoms. The van der Waals surface area contributed by atoms with Gasteiger partial charge in [0.1, 0.15) is 17.7 Å². The summed E-state index contributed by atoms with van der Waals surface area (Å²) in [5.74, 6) is 3.13. The summed E-state index contributed by atoms with van der Waals surface area (Å²) < 4.78 is 5.53. The van der Waals surface area contributed by atoms with E-state index in [0.29, 0.717) is 11.7 Å². The molecule has 0 saturated heterocycles. The summed E-state index contributed by atoms with van der Waals surface area (Å²) in [4.78, 5) is 17.8. The average molecular weight is 352 g/mol. The molecule has 7 nitrogen and oxygen atoms in total. The molecule has 0 amide bonds. The highest BCUT2D eigenvalue weighted by molar-refractivity contribution is 5.52. The molecule has 0 saturated carbocycles. The highest BCUT2D eigenvalue weighted by Gasteiger charge is 2.24. The molecule has 3 aromatic heterocycles. The summed E-state index contributed by atoms with van der Waals surface area (Å²) in [6, 6.07) is 5.53. The van der Waals surface area contributed by atoms with Crippen molar-refractivity contribution < 1.29 is 4.52 Å². The predicted molar refractivity (Wildman–Crippen MR) is 99.6 cm³/mol. The number of nitrogens with one attached hydrogen (secondary N) is 1. The van der Waals surface area contributed by atoms with Gasteiger partial charge in [0, 0.05) is 35.6 Å². The van der Waals surface area contributed by atoms with Crippen LogP contribution >= 0.6 is 0 Å². The van der Waals surface area contributed by atoms with Crippen LogP contribution in [-0.4, -0.2) is 25.1 Å². The van der Waals surface area contributed by atoms with E-state index in [0.717, 1.165) is 22.9 Å². The lowest BCUT2D eigenvalue weighted by molar-refractivity contribution is 0.335. The highest BCUT2D eigenvalue weighted by atomic mass is 16.5. The van der Waals surface area contributed by atoms with E-state index in [4.69, 9.17) is 4.52 Å². The van der Waals surface area contributed by atoms with E-state index in [1.165, 1.54) is 0 Å². The quantitative estimate of drug-likeness (QED) is 0.712. The number of pyridine rings is 1. The Balaban J connectivity index is 1.88. The first-order chi connectivity index (χ1) is 12.4. The average Bonchev–Trinajstić information content (AvgIpc) is 3.09. The molecule has 0 aliphatic heterocycles. The number of hydrogen-bond acceptors (Lipinski definition) is 7. The molecule has 0 fully saturated rings. The number of aromatic nitrogens is 5. The van der Waals surface area contributed by atoms with E-state index in [1.807, 2.05) is 25.1 Å². The third kappa shape index (κ3) is 4.04. The van der Waals surface area contributed by atoms with Gasteiger partial charge < -0.3 is 9.84 Å². The van der Waals surface area contributed by atoms with Crippen molar-refractivity contribution in [3.63, 3.8) is 0 Å².